The molecule has 0 saturated carbocycles. The number of hydrogen-bond donors (Lipinski definition) is 4. The van der Waals surface area contributed by atoms with Crippen LogP contribution in [0, 0.1) is 0 Å². The van der Waals surface area contributed by atoms with Crippen LogP contribution >= 0.6 is 0 Å². The molecule has 2 aliphatic rings. The molecular weight excluding hydrogens is 432 g/mol. The SMILES string of the molecule is CCCCCCC1(CCCCCC)O[C@H]2Cc3c(O)cc(O)cc3O[C@@H]2c2cc(O)c(O)cc21. The molecule has 0 saturated heterocycles. The van der Waals surface area contributed by atoms with Gasteiger partial charge in [0.1, 0.15) is 23.4 Å². The van der Waals surface area contributed by atoms with Crippen LogP contribution in [-0.2, 0) is 16.8 Å². The summed E-state index contributed by atoms with van der Waals surface area (Å²) in [6.07, 6.45) is 10.1. The van der Waals surface area contributed by atoms with Crippen LogP contribution in [0.15, 0.2) is 24.3 Å². The summed E-state index contributed by atoms with van der Waals surface area (Å²) >= 11 is 0. The first-order chi connectivity index (χ1) is 16.4. The maximum absolute atomic E-state index is 10.5. The highest BCUT2D eigenvalue weighted by molar-refractivity contribution is 5.54. The Morgan fingerprint density at radius 3 is 2.09 bits per heavy atom. The van der Waals surface area contributed by atoms with Crippen LogP contribution in [0.4, 0.5) is 0 Å². The molecule has 2 aromatic carbocycles. The minimum atomic E-state index is -0.587. The Balaban J connectivity index is 1.75. The van der Waals surface area contributed by atoms with E-state index in [-0.39, 0.29) is 29.1 Å². The number of fused-ring (bicyclic) bond motifs is 4. The Bertz CT molecular complexity index is 989. The van der Waals surface area contributed by atoms with Gasteiger partial charge in [0.25, 0.3) is 0 Å². The third-order valence-electron chi connectivity index (χ3n) is 7.36. The lowest BCUT2D eigenvalue weighted by atomic mass is 9.75. The first kappa shape index (κ1) is 24.5. The predicted octanol–water partition coefficient (Wildman–Crippen LogP) is 6.72. The average Bonchev–Trinajstić information content (AvgIpc) is 2.80. The minimum Gasteiger partial charge on any atom is -0.508 e. The zero-order chi connectivity index (χ0) is 24.3. The maximum atomic E-state index is 10.5. The molecule has 2 atom stereocenters. The largest absolute Gasteiger partial charge is 0.508 e. The van der Waals surface area contributed by atoms with Crippen LogP contribution in [0.25, 0.3) is 0 Å². The van der Waals surface area contributed by atoms with Gasteiger partial charge in [-0.15, -0.1) is 0 Å². The van der Waals surface area contributed by atoms with Crippen LogP contribution in [0.3, 0.4) is 0 Å². The van der Waals surface area contributed by atoms with E-state index in [4.69, 9.17) is 9.47 Å². The predicted molar refractivity (Wildman–Crippen MR) is 131 cm³/mol. The summed E-state index contributed by atoms with van der Waals surface area (Å²) in [4.78, 5) is 0. The molecule has 4 N–H and O–H groups in total. The fraction of sp³-hybridized carbons (Fsp3) is 0.571. The first-order valence-electron chi connectivity index (χ1n) is 12.8. The molecule has 2 heterocycles. The van der Waals surface area contributed by atoms with E-state index in [2.05, 4.69) is 13.8 Å². The normalized spacial score (nSPS) is 20.2. The Kier molecular flexibility index (Phi) is 7.46. The molecule has 0 bridgehead atoms. The number of phenolic OH excluding ortho intramolecular Hbond substituents is 4. The van der Waals surface area contributed by atoms with Gasteiger partial charge in [0.05, 0.1) is 5.60 Å². The molecule has 2 aliphatic heterocycles. The molecule has 2 aromatic rings. The van der Waals surface area contributed by atoms with Crippen LogP contribution in [0.2, 0.25) is 0 Å². The van der Waals surface area contributed by atoms with Crippen molar-refractivity contribution in [2.75, 3.05) is 0 Å². The van der Waals surface area contributed by atoms with Crippen molar-refractivity contribution in [3.63, 3.8) is 0 Å². The van der Waals surface area contributed by atoms with Gasteiger partial charge < -0.3 is 29.9 Å². The van der Waals surface area contributed by atoms with E-state index in [1.807, 2.05) is 0 Å². The van der Waals surface area contributed by atoms with Gasteiger partial charge >= 0.3 is 0 Å². The van der Waals surface area contributed by atoms with Gasteiger partial charge in [0, 0.05) is 29.7 Å². The molecule has 186 valence electrons. The Morgan fingerprint density at radius 1 is 0.794 bits per heavy atom. The Labute approximate surface area is 202 Å². The van der Waals surface area contributed by atoms with Crippen molar-refractivity contribution < 1.29 is 29.9 Å². The number of phenols is 4. The second-order valence-electron chi connectivity index (χ2n) is 9.88. The van der Waals surface area contributed by atoms with Gasteiger partial charge in [-0.2, -0.15) is 0 Å². The molecular formula is C28H38O6. The van der Waals surface area contributed by atoms with Gasteiger partial charge in [-0.1, -0.05) is 65.2 Å². The van der Waals surface area contributed by atoms with Crippen molar-refractivity contribution in [1.29, 1.82) is 0 Å². The number of aromatic hydroxyl groups is 4. The Hall–Kier alpha value is -2.60. The van der Waals surface area contributed by atoms with Gasteiger partial charge in [0.2, 0.25) is 0 Å². The smallest absolute Gasteiger partial charge is 0.157 e. The van der Waals surface area contributed by atoms with Crippen LogP contribution in [-0.4, -0.2) is 26.5 Å². The standard InChI is InChI=1S/C28H38O6/c1-3-5-7-9-11-28(12-10-8-6-4-2)21-17-24(32)23(31)15-19(21)27-26(34-28)16-20-22(30)13-18(29)14-25(20)33-27/h13-15,17,26-27,29-32H,3-12,16H2,1-2H3/t26-,27+/m0/s1. The quantitative estimate of drug-likeness (QED) is 0.227. The lowest BCUT2D eigenvalue weighted by Crippen LogP contribution is -2.47. The van der Waals surface area contributed by atoms with E-state index in [0.717, 1.165) is 62.5 Å². The highest BCUT2D eigenvalue weighted by Gasteiger charge is 2.49. The summed E-state index contributed by atoms with van der Waals surface area (Å²) in [5.74, 6) is 0.00533. The molecule has 6 nitrogen and oxygen atoms in total. The molecule has 0 amide bonds. The van der Waals surface area contributed by atoms with Gasteiger partial charge in [0.15, 0.2) is 17.6 Å². The number of hydrogen-bond acceptors (Lipinski definition) is 6. The van der Waals surface area contributed by atoms with E-state index in [1.54, 1.807) is 12.1 Å². The van der Waals surface area contributed by atoms with E-state index in [0.29, 0.717) is 17.7 Å². The second kappa shape index (κ2) is 10.3. The molecule has 0 unspecified atom stereocenters. The number of ether oxygens (including phenoxy) is 2. The van der Waals surface area contributed by atoms with Crippen LogP contribution in [0.1, 0.15) is 101 Å². The number of rotatable bonds is 10. The third kappa shape index (κ3) is 4.78. The summed E-state index contributed by atoms with van der Waals surface area (Å²) < 4.78 is 13.2. The zero-order valence-electron chi connectivity index (χ0n) is 20.3. The molecule has 0 aliphatic carbocycles. The minimum absolute atomic E-state index is 0.00658. The highest BCUT2D eigenvalue weighted by Crippen LogP contribution is 2.54. The van der Waals surface area contributed by atoms with E-state index >= 15 is 0 Å². The van der Waals surface area contributed by atoms with Gasteiger partial charge in [-0.05, 0) is 30.5 Å². The van der Waals surface area contributed by atoms with E-state index in [9.17, 15) is 20.4 Å². The van der Waals surface area contributed by atoms with Gasteiger partial charge in [-0.25, -0.2) is 0 Å². The fourth-order valence-corrected chi connectivity index (χ4v) is 5.58. The summed E-state index contributed by atoms with van der Waals surface area (Å²) in [6.45, 7) is 4.39. The van der Waals surface area contributed by atoms with E-state index < -0.39 is 11.7 Å². The second-order valence-corrected chi connectivity index (χ2v) is 9.88. The molecule has 4 rings (SSSR count). The maximum Gasteiger partial charge on any atom is 0.157 e. The Morgan fingerprint density at radius 2 is 1.44 bits per heavy atom. The van der Waals surface area contributed by atoms with Crippen LogP contribution < -0.4 is 4.74 Å². The third-order valence-corrected chi connectivity index (χ3v) is 7.36. The molecule has 34 heavy (non-hydrogen) atoms. The molecule has 0 radical (unpaired) electrons. The van der Waals surface area contributed by atoms with Crippen molar-refractivity contribution in [1.82, 2.24) is 0 Å². The lowest BCUT2D eigenvalue weighted by Gasteiger charge is -2.48. The molecule has 0 spiro atoms. The average molecular weight is 471 g/mol. The van der Waals surface area contributed by atoms with Crippen molar-refractivity contribution in [2.45, 2.75) is 102 Å². The highest BCUT2D eigenvalue weighted by atomic mass is 16.6. The summed E-state index contributed by atoms with van der Waals surface area (Å²) in [5.41, 5.74) is 1.73. The summed E-state index contributed by atoms with van der Waals surface area (Å²) in [6, 6.07) is 6.08. The van der Waals surface area contributed by atoms with E-state index in [1.165, 1.54) is 25.0 Å². The molecule has 0 aromatic heterocycles. The molecule has 6 heteroatoms. The fourth-order valence-electron chi connectivity index (χ4n) is 5.58. The number of unbranched alkanes of at least 4 members (excludes halogenated alkanes) is 6. The van der Waals surface area contributed by atoms with Crippen LogP contribution in [0.5, 0.6) is 28.7 Å². The van der Waals surface area contributed by atoms with Crippen molar-refractivity contribution in [2.24, 2.45) is 0 Å². The first-order valence-corrected chi connectivity index (χ1v) is 12.8. The van der Waals surface area contributed by atoms with Gasteiger partial charge in [-0.3, -0.25) is 0 Å². The molecule has 0 fully saturated rings. The summed E-state index contributed by atoms with van der Waals surface area (Å²) in [5, 5.41) is 41.3. The topological polar surface area (TPSA) is 99.4 Å². The number of benzene rings is 2. The summed E-state index contributed by atoms with van der Waals surface area (Å²) in [7, 11) is 0. The lowest BCUT2D eigenvalue weighted by molar-refractivity contribution is -0.166. The monoisotopic (exact) mass is 470 g/mol. The van der Waals surface area contributed by atoms with Crippen molar-refractivity contribution in [3.05, 3.63) is 41.0 Å². The van der Waals surface area contributed by atoms with Crippen molar-refractivity contribution in [3.8, 4) is 28.7 Å². The van der Waals surface area contributed by atoms with Crippen molar-refractivity contribution >= 4 is 0 Å². The zero-order valence-corrected chi connectivity index (χ0v) is 20.3.